The first-order valence-corrected chi connectivity index (χ1v) is 7.96. The van der Waals surface area contributed by atoms with E-state index in [9.17, 15) is 13.2 Å². The molecule has 0 aliphatic heterocycles. The lowest BCUT2D eigenvalue weighted by atomic mass is 10.2. The van der Waals surface area contributed by atoms with Gasteiger partial charge in [-0.3, -0.25) is 0 Å². The fourth-order valence-electron chi connectivity index (χ4n) is 1.24. The van der Waals surface area contributed by atoms with Crippen LogP contribution in [0.25, 0.3) is 0 Å². The SMILES string of the molecule is NS(=O)(=O)c1ccc(Sc2nncs2)c(C(=O)O)c1. The van der Waals surface area contributed by atoms with Crippen molar-refractivity contribution in [3.8, 4) is 0 Å². The third-order valence-corrected chi connectivity index (χ3v) is 4.81. The van der Waals surface area contributed by atoms with E-state index in [1.54, 1.807) is 0 Å². The number of aromatic carboxylic acids is 1. The topological polar surface area (TPSA) is 123 Å². The Balaban J connectivity index is 2.47. The second-order valence-corrected chi connectivity index (χ2v) is 7.00. The molecule has 10 heteroatoms. The number of sulfonamides is 1. The Labute approximate surface area is 116 Å². The molecule has 0 aliphatic carbocycles. The predicted octanol–water partition coefficient (Wildman–Crippen LogP) is 1.03. The molecule has 1 aromatic carbocycles. The Morgan fingerprint density at radius 3 is 2.68 bits per heavy atom. The predicted molar refractivity (Wildman–Crippen MR) is 68.8 cm³/mol. The number of hydrogen-bond donors (Lipinski definition) is 2. The summed E-state index contributed by atoms with van der Waals surface area (Å²) in [5.41, 5.74) is 1.37. The van der Waals surface area contributed by atoms with E-state index in [1.807, 2.05) is 0 Å². The first-order valence-electron chi connectivity index (χ1n) is 4.72. The molecule has 0 saturated carbocycles. The van der Waals surface area contributed by atoms with Gasteiger partial charge in [-0.1, -0.05) is 23.1 Å². The number of carboxylic acid groups (broad SMARTS) is 1. The molecule has 0 bridgehead atoms. The second kappa shape index (κ2) is 5.25. The Morgan fingerprint density at radius 2 is 2.16 bits per heavy atom. The van der Waals surface area contributed by atoms with Gasteiger partial charge in [0.25, 0.3) is 0 Å². The van der Waals surface area contributed by atoms with Gasteiger partial charge in [-0.2, -0.15) is 0 Å². The highest BCUT2D eigenvalue weighted by molar-refractivity contribution is 8.01. The number of hydrogen-bond acceptors (Lipinski definition) is 7. The number of benzene rings is 1. The quantitative estimate of drug-likeness (QED) is 0.863. The highest BCUT2D eigenvalue weighted by Crippen LogP contribution is 2.32. The lowest BCUT2D eigenvalue weighted by Gasteiger charge is -2.05. The maximum atomic E-state index is 11.2. The van der Waals surface area contributed by atoms with Crippen LogP contribution in [0.1, 0.15) is 10.4 Å². The number of nitrogens with two attached hydrogens (primary N) is 1. The summed E-state index contributed by atoms with van der Waals surface area (Å²) in [5, 5.41) is 21.5. The minimum atomic E-state index is -3.94. The smallest absolute Gasteiger partial charge is 0.336 e. The molecule has 3 N–H and O–H groups in total. The van der Waals surface area contributed by atoms with Crippen molar-refractivity contribution >= 4 is 39.1 Å². The van der Waals surface area contributed by atoms with Crippen LogP contribution in [-0.4, -0.2) is 29.7 Å². The molecule has 0 saturated heterocycles. The zero-order valence-electron chi connectivity index (χ0n) is 9.18. The molecular formula is C9H7N3O4S3. The number of carbonyl (C=O) groups is 1. The first kappa shape index (κ1) is 13.9. The largest absolute Gasteiger partial charge is 0.478 e. The highest BCUT2D eigenvalue weighted by atomic mass is 32.2. The summed E-state index contributed by atoms with van der Waals surface area (Å²) in [4.78, 5) is 11.3. The average molecular weight is 317 g/mol. The van der Waals surface area contributed by atoms with E-state index < -0.39 is 16.0 Å². The van der Waals surface area contributed by atoms with Crippen LogP contribution in [0.5, 0.6) is 0 Å². The number of nitrogens with zero attached hydrogens (tertiary/aromatic N) is 2. The molecule has 19 heavy (non-hydrogen) atoms. The third-order valence-electron chi connectivity index (χ3n) is 2.05. The van der Waals surface area contributed by atoms with Crippen molar-refractivity contribution in [2.45, 2.75) is 14.1 Å². The van der Waals surface area contributed by atoms with Gasteiger partial charge in [0.2, 0.25) is 10.0 Å². The summed E-state index contributed by atoms with van der Waals surface area (Å²) in [5.74, 6) is -1.24. The van der Waals surface area contributed by atoms with Crippen LogP contribution < -0.4 is 5.14 Å². The molecule has 0 amide bonds. The van der Waals surface area contributed by atoms with Crippen molar-refractivity contribution < 1.29 is 18.3 Å². The minimum Gasteiger partial charge on any atom is -0.478 e. The molecule has 0 spiro atoms. The molecule has 100 valence electrons. The second-order valence-electron chi connectivity index (χ2n) is 3.31. The van der Waals surface area contributed by atoms with Crippen molar-refractivity contribution in [3.63, 3.8) is 0 Å². The van der Waals surface area contributed by atoms with E-state index in [2.05, 4.69) is 10.2 Å². The maximum Gasteiger partial charge on any atom is 0.336 e. The summed E-state index contributed by atoms with van der Waals surface area (Å²) in [7, 11) is -3.94. The van der Waals surface area contributed by atoms with Crippen LogP contribution in [0, 0.1) is 0 Å². The molecule has 0 radical (unpaired) electrons. The fraction of sp³-hybridized carbons (Fsp3) is 0. The van der Waals surface area contributed by atoms with Crippen molar-refractivity contribution in [1.29, 1.82) is 0 Å². The minimum absolute atomic E-state index is 0.147. The van der Waals surface area contributed by atoms with Gasteiger partial charge in [0.1, 0.15) is 5.51 Å². The van der Waals surface area contributed by atoms with Crippen molar-refractivity contribution in [2.24, 2.45) is 5.14 Å². The Morgan fingerprint density at radius 1 is 1.42 bits per heavy atom. The van der Waals surface area contributed by atoms with Gasteiger partial charge < -0.3 is 5.11 Å². The van der Waals surface area contributed by atoms with Gasteiger partial charge in [0.15, 0.2) is 4.34 Å². The monoisotopic (exact) mass is 317 g/mol. The standard InChI is InChI=1S/C9H7N3O4S3/c10-19(15,16)5-1-2-7(6(3-5)8(13)14)18-9-12-11-4-17-9/h1-4H,(H,13,14)(H2,10,15,16). The number of primary sulfonamides is 1. The summed E-state index contributed by atoms with van der Waals surface area (Å²) in [6.45, 7) is 0. The fourth-order valence-corrected chi connectivity index (χ4v) is 3.32. The zero-order valence-corrected chi connectivity index (χ0v) is 11.6. The van der Waals surface area contributed by atoms with Crippen LogP contribution in [0.15, 0.2) is 37.8 Å². The molecule has 1 heterocycles. The van der Waals surface area contributed by atoms with Gasteiger partial charge >= 0.3 is 5.97 Å². The molecule has 0 atom stereocenters. The lowest BCUT2D eigenvalue weighted by Crippen LogP contribution is -2.13. The summed E-state index contributed by atoms with van der Waals surface area (Å²) >= 11 is 2.35. The summed E-state index contributed by atoms with van der Waals surface area (Å²) < 4.78 is 22.9. The molecule has 0 fully saturated rings. The van der Waals surface area contributed by atoms with E-state index in [1.165, 1.54) is 29.0 Å². The highest BCUT2D eigenvalue weighted by Gasteiger charge is 2.17. The van der Waals surface area contributed by atoms with E-state index in [0.717, 1.165) is 17.8 Å². The molecule has 2 aromatic rings. The molecule has 1 aromatic heterocycles. The molecule has 7 nitrogen and oxygen atoms in total. The van der Waals surface area contributed by atoms with Gasteiger partial charge in [0.05, 0.1) is 10.5 Å². The number of rotatable bonds is 4. The first-order chi connectivity index (χ1) is 8.88. The van der Waals surface area contributed by atoms with E-state index in [-0.39, 0.29) is 10.5 Å². The van der Waals surface area contributed by atoms with E-state index >= 15 is 0 Å². The number of carboxylic acids is 1. The van der Waals surface area contributed by atoms with Gasteiger partial charge in [-0.15, -0.1) is 10.2 Å². The van der Waals surface area contributed by atoms with Crippen molar-refractivity contribution in [3.05, 3.63) is 29.3 Å². The molecule has 0 unspecified atom stereocenters. The van der Waals surface area contributed by atoms with Gasteiger partial charge in [-0.25, -0.2) is 18.4 Å². The average Bonchev–Trinajstić information content (AvgIpc) is 2.80. The van der Waals surface area contributed by atoms with E-state index in [4.69, 9.17) is 10.2 Å². The Bertz CT molecular complexity index is 712. The lowest BCUT2D eigenvalue weighted by molar-refractivity contribution is 0.0693. The Hall–Kier alpha value is -1.49. The van der Waals surface area contributed by atoms with Gasteiger partial charge in [-0.05, 0) is 18.2 Å². The third kappa shape index (κ3) is 3.29. The van der Waals surface area contributed by atoms with Crippen LogP contribution in [0.4, 0.5) is 0 Å². The van der Waals surface area contributed by atoms with Crippen LogP contribution in [0.2, 0.25) is 0 Å². The summed E-state index contributed by atoms with van der Waals surface area (Å²) in [6, 6.07) is 3.67. The zero-order chi connectivity index (χ0) is 14.0. The summed E-state index contributed by atoms with van der Waals surface area (Å²) in [6.07, 6.45) is 0. The van der Waals surface area contributed by atoms with Gasteiger partial charge in [0, 0.05) is 4.90 Å². The van der Waals surface area contributed by atoms with Crippen LogP contribution >= 0.6 is 23.1 Å². The normalized spacial score (nSPS) is 11.4. The van der Waals surface area contributed by atoms with Crippen LogP contribution in [0.3, 0.4) is 0 Å². The molecular weight excluding hydrogens is 310 g/mol. The van der Waals surface area contributed by atoms with E-state index in [0.29, 0.717) is 9.24 Å². The Kier molecular flexibility index (Phi) is 3.85. The van der Waals surface area contributed by atoms with Crippen molar-refractivity contribution in [1.82, 2.24) is 10.2 Å². The van der Waals surface area contributed by atoms with Crippen LogP contribution in [-0.2, 0) is 10.0 Å². The van der Waals surface area contributed by atoms with Crippen molar-refractivity contribution in [2.75, 3.05) is 0 Å². The molecule has 2 rings (SSSR count). The maximum absolute atomic E-state index is 11.2. The number of aromatic nitrogens is 2. The molecule has 0 aliphatic rings.